The summed E-state index contributed by atoms with van der Waals surface area (Å²) in [6.45, 7) is 0.486. The van der Waals surface area contributed by atoms with Crippen LogP contribution in [-0.4, -0.2) is 9.78 Å². The lowest BCUT2D eigenvalue weighted by molar-refractivity contribution is 0.641. The number of benzene rings is 2. The Balaban J connectivity index is 2.00. The van der Waals surface area contributed by atoms with Gasteiger partial charge >= 0.3 is 0 Å². The van der Waals surface area contributed by atoms with Crippen molar-refractivity contribution in [3.05, 3.63) is 88.8 Å². The summed E-state index contributed by atoms with van der Waals surface area (Å²) in [5, 5.41) is 4.16. The highest BCUT2D eigenvalue weighted by atomic mass is 16.1. The first-order valence-electron chi connectivity index (χ1n) is 6.50. The van der Waals surface area contributed by atoms with Crippen molar-refractivity contribution in [2.45, 2.75) is 6.54 Å². The average Bonchev–Trinajstić information content (AvgIpc) is 2.51. The molecule has 98 valence electrons. The molecule has 3 rings (SSSR count). The second kappa shape index (κ2) is 5.53. The maximum atomic E-state index is 12.5. The van der Waals surface area contributed by atoms with E-state index in [0.29, 0.717) is 12.1 Å². The predicted octanol–water partition coefficient (Wildman–Crippen LogP) is 2.96. The van der Waals surface area contributed by atoms with Crippen molar-refractivity contribution in [3.8, 4) is 11.1 Å². The fourth-order valence-electron chi connectivity index (χ4n) is 2.16. The molecule has 0 saturated carbocycles. The van der Waals surface area contributed by atoms with Crippen molar-refractivity contribution in [1.82, 2.24) is 9.78 Å². The topological polar surface area (TPSA) is 34.9 Å². The van der Waals surface area contributed by atoms with Crippen molar-refractivity contribution in [2.75, 3.05) is 0 Å². The van der Waals surface area contributed by atoms with E-state index in [2.05, 4.69) is 5.10 Å². The SMILES string of the molecule is O=c1c(-c2ccccc2)ccnn1Cc1ccccc1. The molecule has 0 aliphatic heterocycles. The average molecular weight is 262 g/mol. The maximum Gasteiger partial charge on any atom is 0.274 e. The molecule has 0 amide bonds. The van der Waals surface area contributed by atoms with Crippen LogP contribution >= 0.6 is 0 Å². The van der Waals surface area contributed by atoms with E-state index in [1.807, 2.05) is 60.7 Å². The molecule has 0 N–H and O–H groups in total. The molecule has 1 aromatic heterocycles. The molecule has 20 heavy (non-hydrogen) atoms. The third-order valence-electron chi connectivity index (χ3n) is 3.17. The van der Waals surface area contributed by atoms with Gasteiger partial charge in [0.15, 0.2) is 0 Å². The number of aromatic nitrogens is 2. The zero-order valence-electron chi connectivity index (χ0n) is 10.9. The number of hydrogen-bond acceptors (Lipinski definition) is 2. The Morgan fingerprint density at radius 2 is 1.50 bits per heavy atom. The number of hydrogen-bond donors (Lipinski definition) is 0. The van der Waals surface area contributed by atoms with Crippen LogP contribution in [0, 0.1) is 0 Å². The largest absolute Gasteiger partial charge is 0.274 e. The van der Waals surface area contributed by atoms with Gasteiger partial charge in [-0.15, -0.1) is 0 Å². The monoisotopic (exact) mass is 262 g/mol. The first-order chi connectivity index (χ1) is 9.84. The normalized spacial score (nSPS) is 10.4. The summed E-state index contributed by atoms with van der Waals surface area (Å²) in [6.07, 6.45) is 1.67. The molecular formula is C17H14N2O. The Hall–Kier alpha value is -2.68. The minimum absolute atomic E-state index is 0.0671. The summed E-state index contributed by atoms with van der Waals surface area (Å²) < 4.78 is 1.50. The fourth-order valence-corrected chi connectivity index (χ4v) is 2.16. The number of rotatable bonds is 3. The van der Waals surface area contributed by atoms with E-state index in [4.69, 9.17) is 0 Å². The molecular weight excluding hydrogens is 248 g/mol. The lowest BCUT2D eigenvalue weighted by Crippen LogP contribution is -2.24. The summed E-state index contributed by atoms with van der Waals surface area (Å²) in [5.41, 5.74) is 2.59. The first-order valence-corrected chi connectivity index (χ1v) is 6.50. The van der Waals surface area contributed by atoms with E-state index in [9.17, 15) is 4.79 Å². The van der Waals surface area contributed by atoms with Gasteiger partial charge in [-0.2, -0.15) is 5.10 Å². The van der Waals surface area contributed by atoms with Gasteiger partial charge in [0, 0.05) is 6.20 Å². The molecule has 0 aliphatic carbocycles. The zero-order chi connectivity index (χ0) is 13.8. The smallest absolute Gasteiger partial charge is 0.267 e. The molecule has 0 bridgehead atoms. The quantitative estimate of drug-likeness (QED) is 0.727. The van der Waals surface area contributed by atoms with Crippen molar-refractivity contribution >= 4 is 0 Å². The van der Waals surface area contributed by atoms with Gasteiger partial charge in [-0.25, -0.2) is 4.68 Å². The van der Waals surface area contributed by atoms with Crippen LogP contribution in [0.25, 0.3) is 11.1 Å². The van der Waals surface area contributed by atoms with Gasteiger partial charge in [-0.3, -0.25) is 4.79 Å². The van der Waals surface area contributed by atoms with Gasteiger partial charge < -0.3 is 0 Å². The van der Waals surface area contributed by atoms with E-state index in [0.717, 1.165) is 11.1 Å². The second-order valence-electron chi connectivity index (χ2n) is 4.56. The summed E-state index contributed by atoms with van der Waals surface area (Å²) in [6, 6.07) is 21.3. The Morgan fingerprint density at radius 1 is 0.850 bits per heavy atom. The van der Waals surface area contributed by atoms with Crippen LogP contribution < -0.4 is 5.56 Å². The van der Waals surface area contributed by atoms with E-state index in [-0.39, 0.29) is 5.56 Å². The minimum atomic E-state index is -0.0671. The molecule has 0 unspecified atom stereocenters. The van der Waals surface area contributed by atoms with Crippen LogP contribution in [0.4, 0.5) is 0 Å². The third-order valence-corrected chi connectivity index (χ3v) is 3.17. The summed E-state index contributed by atoms with van der Waals surface area (Å²) in [7, 11) is 0. The van der Waals surface area contributed by atoms with Crippen LogP contribution in [0.5, 0.6) is 0 Å². The van der Waals surface area contributed by atoms with Gasteiger partial charge in [0.1, 0.15) is 0 Å². The molecule has 0 aliphatic rings. The van der Waals surface area contributed by atoms with E-state index in [1.165, 1.54) is 4.68 Å². The maximum absolute atomic E-state index is 12.5. The lowest BCUT2D eigenvalue weighted by atomic mass is 10.1. The molecule has 0 fully saturated rings. The predicted molar refractivity (Wildman–Crippen MR) is 79.5 cm³/mol. The van der Waals surface area contributed by atoms with Crippen LogP contribution in [0.3, 0.4) is 0 Å². The van der Waals surface area contributed by atoms with Crippen LogP contribution in [-0.2, 0) is 6.54 Å². The fraction of sp³-hybridized carbons (Fsp3) is 0.0588. The van der Waals surface area contributed by atoms with E-state index in [1.54, 1.807) is 12.3 Å². The molecule has 3 heteroatoms. The van der Waals surface area contributed by atoms with Crippen molar-refractivity contribution in [3.63, 3.8) is 0 Å². The minimum Gasteiger partial charge on any atom is -0.267 e. The van der Waals surface area contributed by atoms with Gasteiger partial charge in [0.25, 0.3) is 5.56 Å². The molecule has 3 nitrogen and oxygen atoms in total. The second-order valence-corrected chi connectivity index (χ2v) is 4.56. The summed E-state index contributed by atoms with van der Waals surface area (Å²) >= 11 is 0. The third kappa shape index (κ3) is 2.52. The van der Waals surface area contributed by atoms with Gasteiger partial charge in [0.2, 0.25) is 0 Å². The Bertz CT molecular complexity index is 749. The van der Waals surface area contributed by atoms with E-state index >= 15 is 0 Å². The Labute approximate surface area is 117 Å². The Morgan fingerprint density at radius 3 is 2.20 bits per heavy atom. The van der Waals surface area contributed by atoms with Crippen molar-refractivity contribution in [1.29, 1.82) is 0 Å². The van der Waals surface area contributed by atoms with Crippen LogP contribution in [0.2, 0.25) is 0 Å². The Kier molecular flexibility index (Phi) is 3.42. The van der Waals surface area contributed by atoms with Crippen LogP contribution in [0.15, 0.2) is 77.7 Å². The first kappa shape index (κ1) is 12.4. The molecule has 2 aromatic carbocycles. The highest BCUT2D eigenvalue weighted by Crippen LogP contribution is 2.13. The molecule has 1 heterocycles. The highest BCUT2D eigenvalue weighted by Gasteiger charge is 2.06. The number of nitrogens with zero attached hydrogens (tertiary/aromatic N) is 2. The van der Waals surface area contributed by atoms with Crippen molar-refractivity contribution in [2.24, 2.45) is 0 Å². The van der Waals surface area contributed by atoms with Gasteiger partial charge in [-0.05, 0) is 17.2 Å². The zero-order valence-corrected chi connectivity index (χ0v) is 10.9. The molecule has 0 spiro atoms. The summed E-state index contributed by atoms with van der Waals surface area (Å²) in [5.74, 6) is 0. The lowest BCUT2D eigenvalue weighted by Gasteiger charge is -2.07. The molecule has 0 saturated heterocycles. The molecule has 0 radical (unpaired) electrons. The van der Waals surface area contributed by atoms with E-state index < -0.39 is 0 Å². The van der Waals surface area contributed by atoms with Gasteiger partial charge in [-0.1, -0.05) is 60.7 Å². The standard InChI is InChI=1S/C17H14N2O/c20-17-16(15-9-5-2-6-10-15)11-12-18-19(17)13-14-7-3-1-4-8-14/h1-12H,13H2. The van der Waals surface area contributed by atoms with Crippen molar-refractivity contribution < 1.29 is 0 Å². The van der Waals surface area contributed by atoms with Gasteiger partial charge in [0.05, 0.1) is 12.1 Å². The summed E-state index contributed by atoms with van der Waals surface area (Å²) in [4.78, 5) is 12.5. The molecule has 3 aromatic rings. The van der Waals surface area contributed by atoms with Crippen LogP contribution in [0.1, 0.15) is 5.56 Å². The highest BCUT2D eigenvalue weighted by molar-refractivity contribution is 5.61. The molecule has 0 atom stereocenters.